The van der Waals surface area contributed by atoms with Crippen molar-refractivity contribution in [3.63, 3.8) is 0 Å². The van der Waals surface area contributed by atoms with Crippen LogP contribution in [0.1, 0.15) is 61.9 Å². The average Bonchev–Trinajstić information content (AvgIpc) is 3.45. The monoisotopic (exact) mass is 542 g/mol. The van der Waals surface area contributed by atoms with E-state index in [0.29, 0.717) is 42.3 Å². The summed E-state index contributed by atoms with van der Waals surface area (Å²) in [7, 11) is 0. The maximum Gasteiger partial charge on any atom is 0.295 e. The van der Waals surface area contributed by atoms with Gasteiger partial charge in [0, 0.05) is 30.9 Å². The van der Waals surface area contributed by atoms with E-state index in [1.165, 1.54) is 4.90 Å². The lowest BCUT2D eigenvalue weighted by Gasteiger charge is -2.26. The third kappa shape index (κ3) is 5.39. The number of aromatic nitrogens is 1. The Balaban J connectivity index is 1.61. The Hall–Kier alpha value is -4.33. The molecule has 8 heteroatoms. The quantitative estimate of drug-likeness (QED) is 0.154. The fraction of sp³-hybridized carbons (Fsp3) is 0.344. The van der Waals surface area contributed by atoms with Gasteiger partial charge in [-0.2, -0.15) is 0 Å². The van der Waals surface area contributed by atoms with Crippen LogP contribution in [-0.2, 0) is 22.6 Å². The number of carbonyl (C=O) groups excluding carboxylic acids is 2. The molecule has 2 aliphatic heterocycles. The SMILES string of the molecule is CCCCOc1ccc([C@@H]2C(=C(O)c3ccc4c(c3)C[C@H](C)O4)C(=O)C(=O)N2Cc2ccncc2)cc1OCC. The molecule has 0 bridgehead atoms. The molecule has 2 aliphatic rings. The van der Waals surface area contributed by atoms with Crippen molar-refractivity contribution in [1.29, 1.82) is 0 Å². The first-order chi connectivity index (χ1) is 19.4. The zero-order valence-electron chi connectivity index (χ0n) is 23.1. The number of aliphatic hydroxyl groups excluding tert-OH is 1. The summed E-state index contributed by atoms with van der Waals surface area (Å²) >= 11 is 0. The molecule has 1 saturated heterocycles. The molecule has 2 aromatic carbocycles. The number of Topliss-reactive ketones (excluding diaryl/α,β-unsaturated/α-hetero) is 1. The zero-order chi connectivity index (χ0) is 28.2. The number of hydrogen-bond acceptors (Lipinski definition) is 7. The van der Waals surface area contributed by atoms with Crippen molar-refractivity contribution in [3.8, 4) is 17.2 Å². The van der Waals surface area contributed by atoms with Crippen LogP contribution in [0.5, 0.6) is 17.2 Å². The molecule has 208 valence electrons. The Bertz CT molecular complexity index is 1430. The topological polar surface area (TPSA) is 98.2 Å². The van der Waals surface area contributed by atoms with Crippen molar-refractivity contribution < 1.29 is 28.9 Å². The lowest BCUT2D eigenvalue weighted by Crippen LogP contribution is -2.29. The fourth-order valence-corrected chi connectivity index (χ4v) is 5.21. The van der Waals surface area contributed by atoms with Crippen molar-refractivity contribution >= 4 is 17.4 Å². The molecule has 5 rings (SSSR count). The van der Waals surface area contributed by atoms with E-state index in [4.69, 9.17) is 14.2 Å². The first-order valence-corrected chi connectivity index (χ1v) is 13.8. The number of pyridine rings is 1. The summed E-state index contributed by atoms with van der Waals surface area (Å²) in [4.78, 5) is 32.6. The van der Waals surface area contributed by atoms with Gasteiger partial charge in [0.1, 0.15) is 17.6 Å². The summed E-state index contributed by atoms with van der Waals surface area (Å²) in [5, 5.41) is 11.6. The molecule has 0 saturated carbocycles. The van der Waals surface area contributed by atoms with E-state index in [2.05, 4.69) is 11.9 Å². The van der Waals surface area contributed by atoms with Crippen molar-refractivity contribution in [3.05, 3.63) is 88.8 Å². The van der Waals surface area contributed by atoms with Gasteiger partial charge in [0.15, 0.2) is 11.5 Å². The second-order valence-corrected chi connectivity index (χ2v) is 10.1. The number of hydrogen-bond donors (Lipinski definition) is 1. The molecule has 0 spiro atoms. The third-order valence-electron chi connectivity index (χ3n) is 7.15. The number of ketones is 1. The molecule has 0 unspecified atom stereocenters. The highest BCUT2D eigenvalue weighted by atomic mass is 16.5. The van der Waals surface area contributed by atoms with Crippen LogP contribution in [0.25, 0.3) is 5.76 Å². The zero-order valence-corrected chi connectivity index (χ0v) is 23.1. The Morgan fingerprint density at radius 3 is 2.60 bits per heavy atom. The molecule has 0 radical (unpaired) electrons. The molecule has 3 heterocycles. The number of fused-ring (bicyclic) bond motifs is 1. The number of carbonyl (C=O) groups is 2. The van der Waals surface area contributed by atoms with E-state index in [9.17, 15) is 14.7 Å². The van der Waals surface area contributed by atoms with Crippen LogP contribution in [0.3, 0.4) is 0 Å². The van der Waals surface area contributed by atoms with Crippen LogP contribution in [-0.4, -0.2) is 46.0 Å². The molecule has 1 amide bonds. The fourth-order valence-electron chi connectivity index (χ4n) is 5.21. The average molecular weight is 543 g/mol. The minimum atomic E-state index is -0.833. The van der Waals surface area contributed by atoms with Crippen molar-refractivity contribution in [2.45, 2.75) is 58.7 Å². The van der Waals surface area contributed by atoms with E-state index in [1.54, 1.807) is 48.8 Å². The number of ether oxygens (including phenoxy) is 3. The van der Waals surface area contributed by atoms with Crippen LogP contribution in [0, 0.1) is 0 Å². The van der Waals surface area contributed by atoms with Crippen LogP contribution in [0.15, 0.2) is 66.5 Å². The van der Waals surface area contributed by atoms with E-state index in [1.807, 2.05) is 26.0 Å². The Morgan fingerprint density at radius 2 is 1.85 bits per heavy atom. The second-order valence-electron chi connectivity index (χ2n) is 10.1. The summed E-state index contributed by atoms with van der Waals surface area (Å²) in [5.74, 6) is 0.251. The smallest absolute Gasteiger partial charge is 0.295 e. The highest BCUT2D eigenvalue weighted by Gasteiger charge is 2.46. The number of benzene rings is 2. The van der Waals surface area contributed by atoms with Gasteiger partial charge in [0.2, 0.25) is 0 Å². The number of aliphatic hydroxyl groups is 1. The third-order valence-corrected chi connectivity index (χ3v) is 7.15. The Labute approximate surface area is 234 Å². The molecule has 3 aromatic rings. The lowest BCUT2D eigenvalue weighted by atomic mass is 9.94. The van der Waals surface area contributed by atoms with E-state index >= 15 is 0 Å². The van der Waals surface area contributed by atoms with Gasteiger partial charge in [-0.25, -0.2) is 0 Å². The molecule has 0 aliphatic carbocycles. The Morgan fingerprint density at radius 1 is 1.05 bits per heavy atom. The van der Waals surface area contributed by atoms with E-state index in [0.717, 1.165) is 29.7 Å². The first-order valence-electron chi connectivity index (χ1n) is 13.8. The lowest BCUT2D eigenvalue weighted by molar-refractivity contribution is -0.140. The van der Waals surface area contributed by atoms with Gasteiger partial charge < -0.3 is 24.2 Å². The van der Waals surface area contributed by atoms with Gasteiger partial charge in [0.05, 0.1) is 24.8 Å². The highest BCUT2D eigenvalue weighted by molar-refractivity contribution is 6.46. The van der Waals surface area contributed by atoms with E-state index in [-0.39, 0.29) is 24.0 Å². The molecular formula is C32H34N2O6. The summed E-state index contributed by atoms with van der Waals surface area (Å²) in [5.41, 5.74) is 2.90. The predicted octanol–water partition coefficient (Wildman–Crippen LogP) is 5.60. The van der Waals surface area contributed by atoms with Gasteiger partial charge >= 0.3 is 0 Å². The van der Waals surface area contributed by atoms with Crippen LogP contribution < -0.4 is 14.2 Å². The summed E-state index contributed by atoms with van der Waals surface area (Å²) in [6.45, 7) is 7.10. The number of likely N-dealkylation sites (tertiary alicyclic amines) is 1. The van der Waals surface area contributed by atoms with Crippen LogP contribution >= 0.6 is 0 Å². The van der Waals surface area contributed by atoms with Crippen molar-refractivity contribution in [1.82, 2.24) is 9.88 Å². The molecule has 2 atom stereocenters. The highest BCUT2D eigenvalue weighted by Crippen LogP contribution is 2.43. The molecule has 40 heavy (non-hydrogen) atoms. The maximum atomic E-state index is 13.5. The maximum absolute atomic E-state index is 13.5. The molecule has 8 nitrogen and oxygen atoms in total. The summed E-state index contributed by atoms with van der Waals surface area (Å²) in [6, 6.07) is 13.5. The number of rotatable bonds is 10. The number of unbranched alkanes of at least 4 members (excludes halogenated alkanes) is 1. The standard InChI is InChI=1S/C32H34N2O6/c1-4-6-15-39-26-10-7-22(18-27(26)38-5-2)29-28(30(35)23-8-9-25-24(17-23)16-20(3)40-25)31(36)32(37)34(29)19-21-11-13-33-14-12-21/h7-14,17-18,20,29,35H,4-6,15-16,19H2,1-3H3/t20-,29+/m0/s1. The van der Waals surface area contributed by atoms with Gasteiger partial charge in [-0.1, -0.05) is 19.4 Å². The summed E-state index contributed by atoms with van der Waals surface area (Å²) < 4.78 is 17.7. The van der Waals surface area contributed by atoms with E-state index < -0.39 is 17.7 Å². The normalized spacial score (nSPS) is 19.4. The van der Waals surface area contributed by atoms with Gasteiger partial charge in [-0.05, 0) is 79.4 Å². The van der Waals surface area contributed by atoms with Crippen LogP contribution in [0.4, 0.5) is 0 Å². The van der Waals surface area contributed by atoms with Crippen LogP contribution in [0.2, 0.25) is 0 Å². The molecule has 1 aromatic heterocycles. The molecular weight excluding hydrogens is 508 g/mol. The summed E-state index contributed by atoms with van der Waals surface area (Å²) in [6.07, 6.45) is 5.93. The minimum absolute atomic E-state index is 0.0352. The van der Waals surface area contributed by atoms with Crippen molar-refractivity contribution in [2.24, 2.45) is 0 Å². The largest absolute Gasteiger partial charge is 0.507 e. The van der Waals surface area contributed by atoms with Gasteiger partial charge in [0.25, 0.3) is 11.7 Å². The molecule has 1 N–H and O–H groups in total. The first kappa shape index (κ1) is 27.2. The molecule has 1 fully saturated rings. The Kier molecular flexibility index (Phi) is 8.05. The van der Waals surface area contributed by atoms with Gasteiger partial charge in [-0.15, -0.1) is 0 Å². The van der Waals surface area contributed by atoms with Crippen molar-refractivity contribution in [2.75, 3.05) is 13.2 Å². The number of nitrogens with zero attached hydrogens (tertiary/aromatic N) is 2. The second kappa shape index (κ2) is 11.8. The predicted molar refractivity (Wildman–Crippen MR) is 150 cm³/mol. The number of amides is 1. The minimum Gasteiger partial charge on any atom is -0.507 e. The van der Waals surface area contributed by atoms with Gasteiger partial charge in [-0.3, -0.25) is 14.6 Å².